The number of halogens is 4. The third-order valence-corrected chi connectivity index (χ3v) is 11.1. The molecule has 1 saturated heterocycles. The van der Waals surface area contributed by atoms with Crippen LogP contribution in [0.2, 0.25) is 5.02 Å². The SMILES string of the molecule is COc1ccc(COC(=O)[C@@]2(C)CCCC[C@H]2C(=O)N2CCc3c(Cl)ccc(OCc4nnn(C)c4C(F)(F)F)c3[C@H]2CN2CCCC2=O)c(OC)c1. The van der Waals surface area contributed by atoms with Crippen molar-refractivity contribution >= 4 is 29.4 Å². The van der Waals surface area contributed by atoms with Crippen LogP contribution in [0.5, 0.6) is 17.2 Å². The van der Waals surface area contributed by atoms with Crippen molar-refractivity contribution in [1.82, 2.24) is 24.8 Å². The van der Waals surface area contributed by atoms with Crippen LogP contribution in [-0.2, 0) is 52.0 Å². The smallest absolute Gasteiger partial charge is 0.435 e. The van der Waals surface area contributed by atoms with Gasteiger partial charge < -0.3 is 28.7 Å². The molecule has 2 aromatic carbocycles. The van der Waals surface area contributed by atoms with Crippen LogP contribution in [0.15, 0.2) is 30.3 Å². The number of carbonyl (C=O) groups is 3. The van der Waals surface area contributed by atoms with Gasteiger partial charge in [0.15, 0.2) is 5.69 Å². The van der Waals surface area contributed by atoms with Crippen LogP contribution in [0.25, 0.3) is 0 Å². The Kier molecular flexibility index (Phi) is 11.1. The summed E-state index contributed by atoms with van der Waals surface area (Å²) in [6.45, 7) is 2.00. The summed E-state index contributed by atoms with van der Waals surface area (Å²) >= 11 is 6.73. The van der Waals surface area contributed by atoms with Crippen molar-refractivity contribution in [3.05, 3.63) is 63.4 Å². The molecule has 3 aromatic rings. The summed E-state index contributed by atoms with van der Waals surface area (Å²) in [4.78, 5) is 45.2. The molecule has 2 fully saturated rings. The minimum absolute atomic E-state index is 0.0663. The van der Waals surface area contributed by atoms with E-state index in [9.17, 15) is 27.6 Å². The van der Waals surface area contributed by atoms with Crippen LogP contribution in [0.1, 0.15) is 79.6 Å². The van der Waals surface area contributed by atoms with Gasteiger partial charge in [-0.05, 0) is 62.4 Å². The highest BCUT2D eigenvalue weighted by molar-refractivity contribution is 6.31. The van der Waals surface area contributed by atoms with E-state index in [2.05, 4.69) is 10.3 Å². The first kappa shape index (κ1) is 38.2. The predicted octanol–water partition coefficient (Wildman–Crippen LogP) is 6.07. The number of ether oxygens (including phenoxy) is 4. The molecule has 0 bridgehead atoms. The third-order valence-electron chi connectivity index (χ3n) is 10.8. The van der Waals surface area contributed by atoms with Gasteiger partial charge in [0.05, 0.1) is 31.6 Å². The Hall–Kier alpha value is -4.53. The van der Waals surface area contributed by atoms with Crippen molar-refractivity contribution in [1.29, 1.82) is 0 Å². The molecular formula is C37H43ClF3N5O7. The largest absolute Gasteiger partial charge is 0.497 e. The molecule has 1 aliphatic carbocycles. The molecule has 0 spiro atoms. The molecule has 16 heteroatoms. The monoisotopic (exact) mass is 761 g/mol. The molecule has 1 aromatic heterocycles. The van der Waals surface area contributed by atoms with Crippen LogP contribution in [0.4, 0.5) is 13.2 Å². The molecule has 0 N–H and O–H groups in total. The Bertz CT molecular complexity index is 1870. The average molecular weight is 762 g/mol. The van der Waals surface area contributed by atoms with Gasteiger partial charge in [-0.15, -0.1) is 5.10 Å². The molecule has 3 atom stereocenters. The molecule has 12 nitrogen and oxygen atoms in total. The lowest BCUT2D eigenvalue weighted by Gasteiger charge is -2.45. The number of likely N-dealkylation sites (tertiary alicyclic amines) is 1. The van der Waals surface area contributed by atoms with Crippen molar-refractivity contribution < 1.29 is 46.5 Å². The van der Waals surface area contributed by atoms with Crippen molar-refractivity contribution in [3.8, 4) is 17.2 Å². The van der Waals surface area contributed by atoms with Gasteiger partial charge in [-0.3, -0.25) is 14.4 Å². The van der Waals surface area contributed by atoms with Gasteiger partial charge >= 0.3 is 12.1 Å². The molecule has 3 aliphatic rings. The number of amides is 2. The van der Waals surface area contributed by atoms with Gasteiger partial charge in [-0.2, -0.15) is 13.2 Å². The maximum Gasteiger partial charge on any atom is 0.435 e. The predicted molar refractivity (Wildman–Crippen MR) is 185 cm³/mol. The Balaban J connectivity index is 1.31. The summed E-state index contributed by atoms with van der Waals surface area (Å²) in [6, 6.07) is 7.62. The quantitative estimate of drug-likeness (QED) is 0.214. The van der Waals surface area contributed by atoms with Gasteiger partial charge in [0.25, 0.3) is 0 Å². The number of hydrogen-bond acceptors (Lipinski definition) is 9. The van der Waals surface area contributed by atoms with E-state index in [0.29, 0.717) is 76.5 Å². The van der Waals surface area contributed by atoms with Gasteiger partial charge in [0.2, 0.25) is 11.8 Å². The molecule has 53 heavy (non-hydrogen) atoms. The van der Waals surface area contributed by atoms with Gasteiger partial charge in [0, 0.05) is 55.3 Å². The Morgan fingerprint density at radius 2 is 1.81 bits per heavy atom. The standard InChI is InChI=1S/C37H43ClF3N5O7/c1-36(35(49)53-20-22-10-11-23(50-3)18-30(22)51-4)15-6-5-8-25(36)34(48)46-17-14-24-26(38)12-13-29(32(24)28(46)19-45-16-7-9-31(45)47)52-21-27-33(37(39,40)41)44(2)43-42-27/h10-13,18,25,28H,5-9,14-17,19-21H2,1-4H3/t25-,28+,36-/m0/s1. The van der Waals surface area contributed by atoms with Crippen molar-refractivity contribution in [2.45, 2.75) is 77.3 Å². The van der Waals surface area contributed by atoms with Gasteiger partial charge in [-0.25, -0.2) is 4.68 Å². The lowest BCUT2D eigenvalue weighted by atomic mass is 9.66. The van der Waals surface area contributed by atoms with Crippen LogP contribution >= 0.6 is 11.6 Å². The normalized spacial score (nSPS) is 21.7. The number of nitrogens with zero attached hydrogens (tertiary/aromatic N) is 5. The molecule has 3 heterocycles. The molecular weight excluding hydrogens is 719 g/mol. The zero-order valence-electron chi connectivity index (χ0n) is 30.1. The van der Waals surface area contributed by atoms with Crippen LogP contribution in [-0.4, -0.2) is 76.4 Å². The van der Waals surface area contributed by atoms with Crippen LogP contribution in [0.3, 0.4) is 0 Å². The highest BCUT2D eigenvalue weighted by Gasteiger charge is 2.51. The topological polar surface area (TPSA) is 125 Å². The summed E-state index contributed by atoms with van der Waals surface area (Å²) in [5, 5.41) is 7.65. The average Bonchev–Trinajstić information content (AvgIpc) is 3.73. The fraction of sp³-hybridized carbons (Fsp3) is 0.541. The number of alkyl halides is 3. The summed E-state index contributed by atoms with van der Waals surface area (Å²) in [5.74, 6) is -0.279. The van der Waals surface area contributed by atoms with E-state index in [0.717, 1.165) is 19.9 Å². The Morgan fingerprint density at radius 3 is 2.51 bits per heavy atom. The maximum atomic E-state index is 14.9. The van der Waals surface area contributed by atoms with E-state index in [-0.39, 0.29) is 37.3 Å². The molecule has 2 amide bonds. The fourth-order valence-electron chi connectivity index (χ4n) is 7.91. The van der Waals surface area contributed by atoms with Crippen LogP contribution < -0.4 is 14.2 Å². The zero-order chi connectivity index (χ0) is 38.1. The van der Waals surface area contributed by atoms with E-state index >= 15 is 0 Å². The number of aromatic nitrogens is 3. The Labute approximate surface area is 310 Å². The first-order valence-corrected chi connectivity index (χ1v) is 18.0. The Morgan fingerprint density at radius 1 is 1.02 bits per heavy atom. The molecule has 0 unspecified atom stereocenters. The number of benzene rings is 2. The molecule has 6 rings (SSSR count). The summed E-state index contributed by atoms with van der Waals surface area (Å²) in [6.07, 6.45) is -1.04. The number of methoxy groups -OCH3 is 2. The van der Waals surface area contributed by atoms with Gasteiger partial charge in [-0.1, -0.05) is 29.7 Å². The first-order chi connectivity index (χ1) is 25.3. The zero-order valence-corrected chi connectivity index (χ0v) is 30.9. The maximum absolute atomic E-state index is 14.9. The second kappa shape index (κ2) is 15.4. The van der Waals surface area contributed by atoms with Crippen molar-refractivity contribution in [3.63, 3.8) is 0 Å². The number of rotatable bonds is 11. The van der Waals surface area contributed by atoms with E-state index in [1.54, 1.807) is 54.2 Å². The lowest BCUT2D eigenvalue weighted by molar-refractivity contribution is -0.169. The highest BCUT2D eigenvalue weighted by atomic mass is 35.5. The third kappa shape index (κ3) is 7.62. The lowest BCUT2D eigenvalue weighted by Crippen LogP contribution is -2.53. The minimum Gasteiger partial charge on any atom is -0.497 e. The number of esters is 1. The second-order valence-corrected chi connectivity index (χ2v) is 14.4. The molecule has 2 aliphatic heterocycles. The number of fused-ring (bicyclic) bond motifs is 1. The van der Waals surface area contributed by atoms with Crippen molar-refractivity contribution in [2.75, 3.05) is 33.9 Å². The highest BCUT2D eigenvalue weighted by Crippen LogP contribution is 2.47. The van der Waals surface area contributed by atoms with Crippen LogP contribution in [0, 0.1) is 11.3 Å². The van der Waals surface area contributed by atoms with E-state index in [1.807, 2.05) is 0 Å². The number of hydrogen-bond donors (Lipinski definition) is 0. The minimum atomic E-state index is -4.72. The summed E-state index contributed by atoms with van der Waals surface area (Å²) in [5.41, 5.74) is -0.759. The second-order valence-electron chi connectivity index (χ2n) is 13.9. The number of aryl methyl sites for hydroxylation is 1. The molecule has 286 valence electrons. The van der Waals surface area contributed by atoms with E-state index < -0.39 is 47.5 Å². The molecule has 1 saturated carbocycles. The van der Waals surface area contributed by atoms with E-state index in [4.69, 9.17) is 30.5 Å². The first-order valence-electron chi connectivity index (χ1n) is 17.6. The van der Waals surface area contributed by atoms with E-state index in [1.165, 1.54) is 7.11 Å². The summed E-state index contributed by atoms with van der Waals surface area (Å²) < 4.78 is 64.9. The number of carbonyl (C=O) groups excluding carboxylic acids is 3. The fourth-order valence-corrected chi connectivity index (χ4v) is 8.17. The summed E-state index contributed by atoms with van der Waals surface area (Å²) in [7, 11) is 4.21. The van der Waals surface area contributed by atoms with Crippen molar-refractivity contribution in [2.24, 2.45) is 18.4 Å². The molecule has 0 radical (unpaired) electrons. The van der Waals surface area contributed by atoms with Gasteiger partial charge in [0.1, 0.15) is 36.2 Å².